The van der Waals surface area contributed by atoms with Crippen LogP contribution in [0.15, 0.2) is 29.2 Å². The molecule has 2 aliphatic heterocycles. The Balaban J connectivity index is 1.47. The Morgan fingerprint density at radius 3 is 1.90 bits per heavy atom. The first-order valence-corrected chi connectivity index (χ1v) is 12.9. The van der Waals surface area contributed by atoms with E-state index in [1.165, 1.54) is 6.26 Å². The van der Waals surface area contributed by atoms with Crippen LogP contribution in [0.3, 0.4) is 0 Å². The van der Waals surface area contributed by atoms with E-state index in [4.69, 9.17) is 0 Å². The van der Waals surface area contributed by atoms with Crippen molar-refractivity contribution in [1.29, 1.82) is 0 Å². The van der Waals surface area contributed by atoms with E-state index in [9.17, 15) is 18.0 Å². The lowest BCUT2D eigenvalue weighted by Gasteiger charge is -2.40. The summed E-state index contributed by atoms with van der Waals surface area (Å²) in [6.45, 7) is 7.25. The highest BCUT2D eigenvalue weighted by atomic mass is 32.2. The van der Waals surface area contributed by atoms with Gasteiger partial charge in [-0.3, -0.25) is 9.59 Å². The number of benzene rings is 1. The number of nitrogens with zero attached hydrogens (tertiary/aromatic N) is 2. The van der Waals surface area contributed by atoms with Gasteiger partial charge in [0.1, 0.15) is 0 Å². The maximum atomic E-state index is 12.3. The molecule has 2 saturated heterocycles. The molecule has 0 saturated carbocycles. The Hall–Kier alpha value is -1.89. The van der Waals surface area contributed by atoms with Gasteiger partial charge >= 0.3 is 0 Å². The van der Waals surface area contributed by atoms with Crippen LogP contribution in [0.1, 0.15) is 46.0 Å². The summed E-state index contributed by atoms with van der Waals surface area (Å²) in [4.78, 5) is 28.8. The van der Waals surface area contributed by atoms with Crippen LogP contribution in [0.2, 0.25) is 0 Å². The van der Waals surface area contributed by atoms with Gasteiger partial charge in [-0.05, 0) is 67.7 Å². The molecule has 0 atom stereocenters. The normalized spacial score (nSPS) is 19.3. The molecular formula is C23H34N2O4S. The molecule has 2 heterocycles. The highest BCUT2D eigenvalue weighted by molar-refractivity contribution is 7.90. The Labute approximate surface area is 180 Å². The molecule has 0 N–H and O–H groups in total. The van der Waals surface area contributed by atoms with E-state index in [0.29, 0.717) is 36.2 Å². The lowest BCUT2D eigenvalue weighted by atomic mass is 9.78. The standard InChI is InChI=1S/C23H34N2O4S/c1-17(2)16-22(26)23(27)25-14-10-19(11-15-25)18-8-12-24(13-9-18)20-4-6-21(7-5-20)30(3,28)29/h4-7,17-19H,8-16H2,1-3H3. The lowest BCUT2D eigenvalue weighted by molar-refractivity contribution is -0.146. The summed E-state index contributed by atoms with van der Waals surface area (Å²) in [6.07, 6.45) is 5.75. The molecule has 166 valence electrons. The number of carbonyl (C=O) groups excluding carboxylic acids is 2. The van der Waals surface area contributed by atoms with Crippen LogP contribution >= 0.6 is 0 Å². The van der Waals surface area contributed by atoms with Crippen LogP contribution in [0.4, 0.5) is 5.69 Å². The first kappa shape index (κ1) is 22.8. The van der Waals surface area contributed by atoms with Crippen molar-refractivity contribution in [3.63, 3.8) is 0 Å². The SMILES string of the molecule is CC(C)CC(=O)C(=O)N1CCC(C2CCN(c3ccc(S(C)(=O)=O)cc3)CC2)CC1. The van der Waals surface area contributed by atoms with Crippen LogP contribution < -0.4 is 4.90 Å². The minimum Gasteiger partial charge on any atom is -0.372 e. The van der Waals surface area contributed by atoms with Gasteiger partial charge in [-0.15, -0.1) is 0 Å². The summed E-state index contributed by atoms with van der Waals surface area (Å²) in [5.74, 6) is 0.934. The number of hydrogen-bond donors (Lipinski definition) is 0. The van der Waals surface area contributed by atoms with Gasteiger partial charge < -0.3 is 9.80 Å². The molecule has 0 aliphatic carbocycles. The van der Waals surface area contributed by atoms with Crippen LogP contribution in [0, 0.1) is 17.8 Å². The van der Waals surface area contributed by atoms with Crippen molar-refractivity contribution in [1.82, 2.24) is 4.90 Å². The number of rotatable bonds is 6. The molecule has 0 aromatic heterocycles. The van der Waals surface area contributed by atoms with Gasteiger partial charge in [0, 0.05) is 44.5 Å². The van der Waals surface area contributed by atoms with Crippen molar-refractivity contribution >= 4 is 27.2 Å². The fraction of sp³-hybridized carbons (Fsp3) is 0.652. The van der Waals surface area contributed by atoms with Gasteiger partial charge in [-0.2, -0.15) is 0 Å². The number of carbonyl (C=O) groups is 2. The zero-order chi connectivity index (χ0) is 21.9. The Morgan fingerprint density at radius 2 is 1.43 bits per heavy atom. The maximum absolute atomic E-state index is 12.3. The van der Waals surface area contributed by atoms with Crippen molar-refractivity contribution in [2.75, 3.05) is 37.3 Å². The van der Waals surface area contributed by atoms with E-state index in [1.54, 1.807) is 17.0 Å². The number of likely N-dealkylation sites (tertiary alicyclic amines) is 1. The van der Waals surface area contributed by atoms with Crippen LogP contribution in [0.5, 0.6) is 0 Å². The van der Waals surface area contributed by atoms with Crippen LogP contribution in [-0.4, -0.2) is 57.4 Å². The average molecular weight is 435 g/mol. The summed E-state index contributed by atoms with van der Waals surface area (Å²) in [7, 11) is -3.16. The van der Waals surface area contributed by atoms with Crippen molar-refractivity contribution in [3.8, 4) is 0 Å². The smallest absolute Gasteiger partial charge is 0.289 e. The van der Waals surface area contributed by atoms with E-state index in [0.717, 1.165) is 44.5 Å². The average Bonchev–Trinajstić information content (AvgIpc) is 2.72. The molecule has 30 heavy (non-hydrogen) atoms. The zero-order valence-corrected chi connectivity index (χ0v) is 19.2. The number of ketones is 1. The third-order valence-electron chi connectivity index (χ3n) is 6.50. The van der Waals surface area contributed by atoms with E-state index >= 15 is 0 Å². The largest absolute Gasteiger partial charge is 0.372 e. The van der Waals surface area contributed by atoms with Crippen molar-refractivity contribution in [3.05, 3.63) is 24.3 Å². The summed E-state index contributed by atoms with van der Waals surface area (Å²) in [5, 5.41) is 0. The number of Topliss-reactive ketones (excluding diaryl/α,β-unsaturated/α-hetero) is 1. The summed E-state index contributed by atoms with van der Waals surface area (Å²) in [5.41, 5.74) is 1.07. The van der Waals surface area contributed by atoms with Gasteiger partial charge in [-0.25, -0.2) is 8.42 Å². The Kier molecular flexibility index (Phi) is 7.22. The fourth-order valence-electron chi connectivity index (χ4n) is 4.74. The number of piperidine rings is 2. The minimum absolute atomic E-state index is 0.215. The molecule has 1 aromatic rings. The van der Waals surface area contributed by atoms with Crippen LogP contribution in [0.25, 0.3) is 0 Å². The van der Waals surface area contributed by atoms with E-state index < -0.39 is 9.84 Å². The Morgan fingerprint density at radius 1 is 0.933 bits per heavy atom. The molecule has 2 fully saturated rings. The number of anilines is 1. The topological polar surface area (TPSA) is 74.8 Å². The number of hydrogen-bond acceptors (Lipinski definition) is 5. The molecule has 3 rings (SSSR count). The predicted molar refractivity (Wildman–Crippen MR) is 118 cm³/mol. The predicted octanol–water partition coefficient (Wildman–Crippen LogP) is 3.16. The van der Waals surface area contributed by atoms with E-state index in [1.807, 2.05) is 26.0 Å². The molecule has 7 heteroatoms. The van der Waals surface area contributed by atoms with Crippen LogP contribution in [-0.2, 0) is 19.4 Å². The lowest BCUT2D eigenvalue weighted by Crippen LogP contribution is -2.45. The first-order chi connectivity index (χ1) is 14.1. The summed E-state index contributed by atoms with van der Waals surface area (Å²) < 4.78 is 23.3. The first-order valence-electron chi connectivity index (χ1n) is 11.0. The third-order valence-corrected chi connectivity index (χ3v) is 7.62. The van der Waals surface area contributed by atoms with Gasteiger partial charge in [0.05, 0.1) is 4.90 Å². The molecular weight excluding hydrogens is 400 g/mol. The molecule has 2 aliphatic rings. The Bertz CT molecular complexity index is 848. The molecule has 6 nitrogen and oxygen atoms in total. The molecule has 0 spiro atoms. The second-order valence-electron chi connectivity index (χ2n) is 9.24. The van der Waals surface area contributed by atoms with Gasteiger partial charge in [0.25, 0.3) is 5.91 Å². The quantitative estimate of drug-likeness (QED) is 0.643. The van der Waals surface area contributed by atoms with Crippen molar-refractivity contribution < 1.29 is 18.0 Å². The number of amides is 1. The van der Waals surface area contributed by atoms with Crippen molar-refractivity contribution in [2.45, 2.75) is 50.8 Å². The minimum atomic E-state index is -3.16. The molecule has 1 aromatic carbocycles. The maximum Gasteiger partial charge on any atom is 0.289 e. The monoisotopic (exact) mass is 434 g/mol. The van der Waals surface area contributed by atoms with E-state index in [-0.39, 0.29) is 17.6 Å². The molecule has 0 unspecified atom stereocenters. The summed E-state index contributed by atoms with van der Waals surface area (Å²) in [6, 6.07) is 7.16. The van der Waals surface area contributed by atoms with Gasteiger partial charge in [0.15, 0.2) is 9.84 Å². The molecule has 1 amide bonds. The molecule has 0 bridgehead atoms. The fourth-order valence-corrected chi connectivity index (χ4v) is 5.37. The van der Waals surface area contributed by atoms with Gasteiger partial charge in [0.2, 0.25) is 5.78 Å². The third kappa shape index (κ3) is 5.62. The summed E-state index contributed by atoms with van der Waals surface area (Å²) >= 11 is 0. The van der Waals surface area contributed by atoms with Crippen molar-refractivity contribution in [2.24, 2.45) is 17.8 Å². The second kappa shape index (κ2) is 9.50. The highest BCUT2D eigenvalue weighted by Crippen LogP contribution is 2.34. The highest BCUT2D eigenvalue weighted by Gasteiger charge is 2.32. The van der Waals surface area contributed by atoms with Gasteiger partial charge in [-0.1, -0.05) is 13.8 Å². The number of sulfone groups is 1. The second-order valence-corrected chi connectivity index (χ2v) is 11.3. The zero-order valence-electron chi connectivity index (χ0n) is 18.3. The van der Waals surface area contributed by atoms with E-state index in [2.05, 4.69) is 4.90 Å². The molecule has 0 radical (unpaired) electrons.